The molecule has 0 heterocycles. The van der Waals surface area contributed by atoms with E-state index in [-0.39, 0.29) is 17.0 Å². The number of quaternary nitrogens is 1. The molecule has 0 atom stereocenters. The van der Waals surface area contributed by atoms with Crippen LogP contribution < -0.4 is 17.0 Å². The summed E-state index contributed by atoms with van der Waals surface area (Å²) in [5.74, 6) is 0. The smallest absolute Gasteiger partial charge is 0.0969 e. The van der Waals surface area contributed by atoms with Crippen LogP contribution in [0.4, 0.5) is 0 Å². The number of hydrogen-bond acceptors (Lipinski definition) is 0. The molecule has 0 unspecified atom stereocenters. The largest absolute Gasteiger partial charge is 1.00 e. The zero-order valence-corrected chi connectivity index (χ0v) is 8.39. The summed E-state index contributed by atoms with van der Waals surface area (Å²) < 4.78 is 0.951. The van der Waals surface area contributed by atoms with E-state index in [1.165, 1.54) is 0 Å². The summed E-state index contributed by atoms with van der Waals surface area (Å²) in [7, 11) is 4.31. The molecule has 1 nitrogen and oxygen atoms in total. The van der Waals surface area contributed by atoms with Crippen molar-refractivity contribution in [2.24, 2.45) is 0 Å². The van der Waals surface area contributed by atoms with Crippen LogP contribution in [0.1, 0.15) is 0 Å². The molecule has 0 aromatic rings. The molecule has 0 aromatic heterocycles. The van der Waals surface area contributed by atoms with Gasteiger partial charge in [-0.1, -0.05) is 13.2 Å². The van der Waals surface area contributed by atoms with Crippen molar-refractivity contribution < 1.29 is 21.5 Å². The third-order valence-corrected chi connectivity index (χ3v) is 1.25. The van der Waals surface area contributed by atoms with E-state index in [4.69, 9.17) is 0 Å². The molecular formula is C8H16BrN. The van der Waals surface area contributed by atoms with E-state index < -0.39 is 0 Å². The fourth-order valence-electron chi connectivity index (χ4n) is 0.774. The van der Waals surface area contributed by atoms with Crippen LogP contribution >= 0.6 is 0 Å². The maximum absolute atomic E-state index is 3.68. The van der Waals surface area contributed by atoms with Crippen LogP contribution in [0.2, 0.25) is 0 Å². The fraction of sp³-hybridized carbons (Fsp3) is 0.500. The van der Waals surface area contributed by atoms with E-state index in [1.807, 2.05) is 12.2 Å². The zero-order valence-electron chi connectivity index (χ0n) is 6.81. The van der Waals surface area contributed by atoms with E-state index >= 15 is 0 Å². The standard InChI is InChI=1S/C8H16N.BrH/c1-5-7-9(3,4)8-6-2;/h5-6H,1-2,7-8H2,3-4H3;1H/q+1;/p-1. The van der Waals surface area contributed by atoms with Gasteiger partial charge in [-0.25, -0.2) is 0 Å². The molecule has 0 radical (unpaired) electrons. The van der Waals surface area contributed by atoms with E-state index in [9.17, 15) is 0 Å². The van der Waals surface area contributed by atoms with Crippen molar-refractivity contribution in [1.29, 1.82) is 0 Å². The lowest BCUT2D eigenvalue weighted by Gasteiger charge is -2.26. The van der Waals surface area contributed by atoms with Crippen molar-refractivity contribution in [3.05, 3.63) is 25.3 Å². The van der Waals surface area contributed by atoms with Crippen molar-refractivity contribution in [2.75, 3.05) is 27.2 Å². The summed E-state index contributed by atoms with van der Waals surface area (Å²) in [5.41, 5.74) is 0. The Morgan fingerprint density at radius 2 is 1.40 bits per heavy atom. The van der Waals surface area contributed by atoms with Crippen molar-refractivity contribution in [1.82, 2.24) is 0 Å². The third kappa shape index (κ3) is 6.05. The molecule has 0 aliphatic carbocycles. The number of likely N-dealkylation sites (N-methyl/N-ethyl adjacent to an activating group) is 1. The molecule has 0 saturated carbocycles. The van der Waals surface area contributed by atoms with Gasteiger partial charge in [0.25, 0.3) is 0 Å². The van der Waals surface area contributed by atoms with Crippen LogP contribution in [0.5, 0.6) is 0 Å². The number of hydrogen-bond donors (Lipinski definition) is 0. The van der Waals surface area contributed by atoms with Gasteiger partial charge in [0.2, 0.25) is 0 Å². The van der Waals surface area contributed by atoms with Gasteiger partial charge in [-0.2, -0.15) is 0 Å². The molecule has 0 N–H and O–H groups in total. The van der Waals surface area contributed by atoms with E-state index in [0.29, 0.717) is 0 Å². The highest BCUT2D eigenvalue weighted by Gasteiger charge is 2.07. The fourth-order valence-corrected chi connectivity index (χ4v) is 0.774. The normalized spacial score (nSPS) is 9.80. The summed E-state index contributed by atoms with van der Waals surface area (Å²) in [6.45, 7) is 9.37. The molecule has 60 valence electrons. The van der Waals surface area contributed by atoms with Gasteiger partial charge < -0.3 is 21.5 Å². The number of rotatable bonds is 4. The second kappa shape index (κ2) is 5.69. The van der Waals surface area contributed by atoms with Crippen LogP contribution in [0.15, 0.2) is 25.3 Å². The van der Waals surface area contributed by atoms with Crippen molar-refractivity contribution in [3.63, 3.8) is 0 Å². The average Bonchev–Trinajstić information content (AvgIpc) is 1.64. The second-order valence-electron chi connectivity index (χ2n) is 2.88. The first-order valence-electron chi connectivity index (χ1n) is 3.16. The first-order chi connectivity index (χ1) is 4.12. The van der Waals surface area contributed by atoms with Gasteiger partial charge in [0.05, 0.1) is 27.2 Å². The summed E-state index contributed by atoms with van der Waals surface area (Å²) in [5, 5.41) is 0. The summed E-state index contributed by atoms with van der Waals surface area (Å²) >= 11 is 0. The van der Waals surface area contributed by atoms with Gasteiger partial charge in [-0.05, 0) is 12.2 Å². The van der Waals surface area contributed by atoms with Gasteiger partial charge in [0, 0.05) is 0 Å². The van der Waals surface area contributed by atoms with Gasteiger partial charge >= 0.3 is 0 Å². The number of halogens is 1. The minimum Gasteiger partial charge on any atom is -1.00 e. The van der Waals surface area contributed by atoms with E-state index in [1.54, 1.807) is 0 Å². The van der Waals surface area contributed by atoms with Gasteiger partial charge in [0.1, 0.15) is 0 Å². The predicted octanol–water partition coefficient (Wildman–Crippen LogP) is -1.56. The predicted molar refractivity (Wildman–Crippen MR) is 42.2 cm³/mol. The minimum atomic E-state index is 0. The number of nitrogens with zero attached hydrogens (tertiary/aromatic N) is 1. The van der Waals surface area contributed by atoms with Gasteiger partial charge in [-0.15, -0.1) is 0 Å². The molecule has 0 aliphatic heterocycles. The van der Waals surface area contributed by atoms with E-state index in [2.05, 4.69) is 27.3 Å². The van der Waals surface area contributed by atoms with Crippen LogP contribution in [0, 0.1) is 0 Å². The Labute approximate surface area is 74.4 Å². The Morgan fingerprint density at radius 3 is 1.60 bits per heavy atom. The van der Waals surface area contributed by atoms with Crippen molar-refractivity contribution >= 4 is 0 Å². The molecule has 0 amide bonds. The Balaban J connectivity index is 0. The van der Waals surface area contributed by atoms with Crippen LogP contribution in [0.25, 0.3) is 0 Å². The highest BCUT2D eigenvalue weighted by Crippen LogP contribution is 1.95. The van der Waals surface area contributed by atoms with Crippen molar-refractivity contribution in [3.8, 4) is 0 Å². The van der Waals surface area contributed by atoms with Crippen LogP contribution in [0.3, 0.4) is 0 Å². The SMILES string of the molecule is C=CC[N+](C)(C)CC=C.[Br-]. The molecule has 0 aliphatic rings. The highest BCUT2D eigenvalue weighted by molar-refractivity contribution is 4.69. The quantitative estimate of drug-likeness (QED) is 0.385. The maximum Gasteiger partial charge on any atom is 0.0969 e. The highest BCUT2D eigenvalue weighted by atomic mass is 79.9. The minimum absolute atomic E-state index is 0. The topological polar surface area (TPSA) is 0 Å². The average molecular weight is 206 g/mol. The Bertz CT molecular complexity index is 95.8. The van der Waals surface area contributed by atoms with Gasteiger partial charge in [0.15, 0.2) is 0 Å². The Kier molecular flexibility index (Phi) is 7.15. The first-order valence-corrected chi connectivity index (χ1v) is 3.16. The molecule has 0 spiro atoms. The molecule has 0 aromatic carbocycles. The maximum atomic E-state index is 3.68. The molecule has 10 heavy (non-hydrogen) atoms. The Morgan fingerprint density at radius 1 is 1.10 bits per heavy atom. The summed E-state index contributed by atoms with van der Waals surface area (Å²) in [4.78, 5) is 0. The monoisotopic (exact) mass is 205 g/mol. The molecule has 0 saturated heterocycles. The second-order valence-corrected chi connectivity index (χ2v) is 2.88. The molecule has 2 heteroatoms. The van der Waals surface area contributed by atoms with Gasteiger partial charge in [-0.3, -0.25) is 0 Å². The molecule has 0 bridgehead atoms. The van der Waals surface area contributed by atoms with Crippen LogP contribution in [-0.4, -0.2) is 31.7 Å². The Hall–Kier alpha value is -0.0800. The van der Waals surface area contributed by atoms with Crippen LogP contribution in [-0.2, 0) is 0 Å². The summed E-state index contributed by atoms with van der Waals surface area (Å²) in [6, 6.07) is 0. The summed E-state index contributed by atoms with van der Waals surface area (Å²) in [6.07, 6.45) is 3.87. The lowest BCUT2D eigenvalue weighted by molar-refractivity contribution is -0.878. The zero-order chi connectivity index (χ0) is 7.33. The van der Waals surface area contributed by atoms with E-state index in [0.717, 1.165) is 17.6 Å². The lowest BCUT2D eigenvalue weighted by atomic mass is 10.4. The molecule has 0 fully saturated rings. The van der Waals surface area contributed by atoms with Crippen molar-refractivity contribution in [2.45, 2.75) is 0 Å². The molecule has 0 rings (SSSR count). The first kappa shape index (κ1) is 12.6. The molecular weight excluding hydrogens is 190 g/mol. The third-order valence-electron chi connectivity index (χ3n) is 1.25. The lowest BCUT2D eigenvalue weighted by Crippen LogP contribution is -3.00.